The Kier molecular flexibility index (Phi) is 9.70. The fraction of sp³-hybridized carbons (Fsp3) is 0.0952. The predicted octanol–water partition coefficient (Wildman–Crippen LogP) is 4.52. The molecular weight excluding hydrogens is 695 g/mol. The molecule has 8 aromatic rings. The summed E-state index contributed by atoms with van der Waals surface area (Å²) in [5, 5.41) is 13.8. The Labute approximate surface area is 304 Å². The van der Waals surface area contributed by atoms with Gasteiger partial charge in [-0.15, -0.1) is 67.3 Å². The first-order valence-electron chi connectivity index (χ1n) is 15.3. The molecule has 8 rings (SSSR count). The van der Waals surface area contributed by atoms with Crippen LogP contribution in [0.5, 0.6) is 0 Å². The molecule has 0 amide bonds. The molecule has 0 spiro atoms. The number of hydrogen-bond donors (Lipinski definition) is 0. The molecule has 0 bridgehead atoms. The Bertz CT molecular complexity index is 2190. The van der Waals surface area contributed by atoms with E-state index in [-0.39, 0.29) is 51.0 Å². The van der Waals surface area contributed by atoms with Gasteiger partial charge in [0.1, 0.15) is 0 Å². The molecule has 46 heavy (non-hydrogen) atoms. The van der Waals surface area contributed by atoms with Crippen LogP contribution in [0.4, 0.5) is 0 Å². The van der Waals surface area contributed by atoms with Gasteiger partial charge in [0.15, 0.2) is 0 Å². The van der Waals surface area contributed by atoms with Crippen LogP contribution in [0, 0.1) is 13.8 Å². The quantitative estimate of drug-likeness (QED) is 0.185. The minimum atomic E-state index is -2.34. The van der Waals surface area contributed by atoms with E-state index in [4.69, 9.17) is 0 Å². The Morgan fingerprint density at radius 1 is 0.457 bits per heavy atom. The van der Waals surface area contributed by atoms with E-state index in [9.17, 15) is 0 Å². The van der Waals surface area contributed by atoms with Crippen LogP contribution in [0.2, 0.25) is 13.1 Å². The number of halogens is 2. The van der Waals surface area contributed by atoms with Gasteiger partial charge < -0.3 is 24.8 Å². The Morgan fingerprint density at radius 3 is 1.22 bits per heavy atom. The molecule has 0 aliphatic heterocycles. The summed E-state index contributed by atoms with van der Waals surface area (Å²) in [6, 6.07) is 50.2. The first-order valence-corrected chi connectivity index (χ1v) is 18.3. The van der Waals surface area contributed by atoms with Gasteiger partial charge in [-0.1, -0.05) is 145 Å². The van der Waals surface area contributed by atoms with Crippen LogP contribution in [0.15, 0.2) is 133 Å². The van der Waals surface area contributed by atoms with Gasteiger partial charge in [0.2, 0.25) is 0 Å². The van der Waals surface area contributed by atoms with Crippen LogP contribution in [-0.4, -0.2) is 8.07 Å². The Balaban J connectivity index is 0.00000139. The van der Waals surface area contributed by atoms with Crippen LogP contribution in [-0.2, 0) is 26.2 Å². The van der Waals surface area contributed by atoms with Gasteiger partial charge in [-0.3, -0.25) is 0 Å². The van der Waals surface area contributed by atoms with Crippen LogP contribution < -0.4 is 35.2 Å². The van der Waals surface area contributed by atoms with Crippen molar-refractivity contribution < 1.29 is 51.0 Å². The fourth-order valence-corrected chi connectivity index (χ4v) is 11.5. The zero-order valence-electron chi connectivity index (χ0n) is 26.5. The molecule has 0 heterocycles. The minimum Gasteiger partial charge on any atom is -1.00 e. The third-order valence-corrected chi connectivity index (χ3v) is 13.0. The van der Waals surface area contributed by atoms with E-state index in [0.717, 1.165) is 0 Å². The van der Waals surface area contributed by atoms with E-state index in [1.54, 1.807) is 0 Å². The number of benzene rings is 6. The van der Waals surface area contributed by atoms with Crippen molar-refractivity contribution in [2.24, 2.45) is 0 Å². The van der Waals surface area contributed by atoms with E-state index in [1.165, 1.54) is 86.8 Å². The molecule has 0 aromatic heterocycles. The van der Waals surface area contributed by atoms with Gasteiger partial charge in [-0.05, 0) is 35.4 Å². The molecule has 0 fully saturated rings. The predicted molar refractivity (Wildman–Crippen MR) is 191 cm³/mol. The van der Waals surface area contributed by atoms with Crippen LogP contribution in [0.1, 0.15) is 11.1 Å². The third-order valence-electron chi connectivity index (χ3n) is 9.44. The van der Waals surface area contributed by atoms with Crippen molar-refractivity contribution in [2.75, 3.05) is 0 Å². The maximum absolute atomic E-state index is 2.58. The second kappa shape index (κ2) is 13.1. The summed E-state index contributed by atoms with van der Waals surface area (Å²) in [7, 11) is -2.34. The Morgan fingerprint density at radius 2 is 0.804 bits per heavy atom. The Hall–Kier alpha value is -3.26. The van der Waals surface area contributed by atoms with Crippen molar-refractivity contribution in [3.8, 4) is 22.3 Å². The fourth-order valence-electron chi connectivity index (χ4n) is 7.71. The summed E-state index contributed by atoms with van der Waals surface area (Å²) in [5.74, 6) is 0. The van der Waals surface area contributed by atoms with Crippen molar-refractivity contribution in [1.82, 2.24) is 0 Å². The molecule has 0 unspecified atom stereocenters. The van der Waals surface area contributed by atoms with Crippen molar-refractivity contribution in [3.63, 3.8) is 0 Å². The average Bonchev–Trinajstić information content (AvgIpc) is 3.60. The maximum Gasteiger partial charge on any atom is 4.00 e. The molecule has 224 valence electrons. The molecule has 0 saturated heterocycles. The molecule has 0 nitrogen and oxygen atoms in total. The molecule has 0 saturated carbocycles. The van der Waals surface area contributed by atoms with Gasteiger partial charge in [-0.2, -0.15) is 0 Å². The van der Waals surface area contributed by atoms with Gasteiger partial charge >= 0.3 is 26.2 Å². The second-order valence-electron chi connectivity index (χ2n) is 12.7. The van der Waals surface area contributed by atoms with E-state index in [1.807, 2.05) is 0 Å². The van der Waals surface area contributed by atoms with Gasteiger partial charge in [0, 0.05) is 8.07 Å². The summed E-state index contributed by atoms with van der Waals surface area (Å²) in [6.07, 6.45) is 0. The number of rotatable bonds is 4. The number of aryl methyl sites for hydroxylation is 2. The monoisotopic (exact) mass is 726 g/mol. The van der Waals surface area contributed by atoms with Crippen molar-refractivity contribution >= 4 is 61.5 Å². The first-order chi connectivity index (χ1) is 20.9. The maximum atomic E-state index is 2.58. The molecule has 0 aliphatic carbocycles. The largest absolute Gasteiger partial charge is 4.00 e. The van der Waals surface area contributed by atoms with E-state index in [0.29, 0.717) is 0 Å². The molecule has 0 aliphatic rings. The normalized spacial score (nSPS) is 11.4. The van der Waals surface area contributed by atoms with Gasteiger partial charge in [0.05, 0.1) is 0 Å². The van der Waals surface area contributed by atoms with Gasteiger partial charge in [-0.25, -0.2) is 0 Å². The standard InChI is InChI=1S/C42H34Si.2ClH.Zr/c1-27-21-29-13-5-9-17-33(29)37(23-27)39-25-31-15-7-11-19-35(31)41(39)43(3,4)42-36-20-12-8-16-32(36)26-40(42)38-24-28(2)22-30-14-6-10-18-34(30)38;;;/h5-26H,1-4H3;2*1H;/q-2;;;+4/p-2. The second-order valence-corrected chi connectivity index (χ2v) is 17.0. The molecule has 4 heteroatoms. The summed E-state index contributed by atoms with van der Waals surface area (Å²) >= 11 is 0. The van der Waals surface area contributed by atoms with Crippen LogP contribution in [0.25, 0.3) is 65.3 Å². The average molecular weight is 729 g/mol. The van der Waals surface area contributed by atoms with Crippen molar-refractivity contribution in [3.05, 3.63) is 145 Å². The van der Waals surface area contributed by atoms with Crippen LogP contribution in [0.3, 0.4) is 0 Å². The minimum absolute atomic E-state index is 0. The summed E-state index contributed by atoms with van der Waals surface area (Å²) < 4.78 is 0. The molecular formula is C42H34Cl2SiZr. The van der Waals surface area contributed by atoms with E-state index in [2.05, 4.69) is 160 Å². The summed E-state index contributed by atoms with van der Waals surface area (Å²) in [6.45, 7) is 9.62. The molecule has 0 radical (unpaired) electrons. The zero-order valence-corrected chi connectivity index (χ0v) is 31.4. The summed E-state index contributed by atoms with van der Waals surface area (Å²) in [4.78, 5) is 0. The van der Waals surface area contributed by atoms with Crippen molar-refractivity contribution in [2.45, 2.75) is 26.9 Å². The smallest absolute Gasteiger partial charge is 1.00 e. The number of fused-ring (bicyclic) bond motifs is 4. The molecule has 0 atom stereocenters. The van der Waals surface area contributed by atoms with E-state index >= 15 is 0 Å². The van der Waals surface area contributed by atoms with Crippen molar-refractivity contribution in [1.29, 1.82) is 0 Å². The molecule has 8 aromatic carbocycles. The SMILES string of the molecule is Cc1cc(-c2[cH-]c3ccccc3c2[Si](C)(C)c2c(-c3cc(C)cc4ccccc34)[cH-]c3ccccc23)c2ccccc2c1.[Cl-].[Cl-].[Zr+4]. The molecule has 0 N–H and O–H groups in total. The van der Waals surface area contributed by atoms with E-state index < -0.39 is 8.07 Å². The summed E-state index contributed by atoms with van der Waals surface area (Å²) in [5.41, 5.74) is 8.08. The van der Waals surface area contributed by atoms with Gasteiger partial charge in [0.25, 0.3) is 0 Å². The third kappa shape index (κ3) is 5.44. The topological polar surface area (TPSA) is 0 Å². The number of hydrogen-bond acceptors (Lipinski definition) is 0. The van der Waals surface area contributed by atoms with Crippen LogP contribution >= 0.6 is 0 Å². The zero-order chi connectivity index (χ0) is 29.3. The first kappa shape index (κ1) is 34.1.